The SMILES string of the molecule is CCCC1=Cc2c(-c3cccc4ccccc34)cccc2C1c1cc(C(C)(C)C)cc2c1[CH]([Zr+2][SiH](C)C)c1ccc(C(C)(C)C)cc1-2.[Cl-].[Cl-]. The molecule has 0 amide bonds. The minimum atomic E-state index is -0.702. The summed E-state index contributed by atoms with van der Waals surface area (Å²) in [6.07, 6.45) is 4.89. The summed E-state index contributed by atoms with van der Waals surface area (Å²) >= 11 is -0.652. The van der Waals surface area contributed by atoms with E-state index in [4.69, 9.17) is 0 Å². The molecule has 2 aliphatic rings. The Bertz CT molecular complexity index is 2040. The predicted molar refractivity (Wildman–Crippen MR) is 204 cm³/mol. The summed E-state index contributed by atoms with van der Waals surface area (Å²) in [5, 5.41) is 2.65. The van der Waals surface area contributed by atoms with Crippen molar-refractivity contribution >= 4 is 22.8 Å². The van der Waals surface area contributed by atoms with E-state index in [-0.39, 0.29) is 35.6 Å². The van der Waals surface area contributed by atoms with Crippen LogP contribution in [0.1, 0.15) is 110 Å². The molecule has 0 fully saturated rings. The molecular weight excluding hydrogens is 731 g/mol. The molecule has 2 atom stereocenters. The maximum absolute atomic E-state index is 2.66. The molecule has 0 aromatic heterocycles. The second-order valence-electron chi connectivity index (χ2n) is 16.3. The van der Waals surface area contributed by atoms with E-state index in [0.717, 1.165) is 12.8 Å². The molecule has 2 unspecified atom stereocenters. The summed E-state index contributed by atoms with van der Waals surface area (Å²) in [5.41, 5.74) is 18.4. The molecule has 0 spiro atoms. The first kappa shape index (κ1) is 38.0. The zero-order valence-electron chi connectivity index (χ0n) is 30.6. The van der Waals surface area contributed by atoms with Gasteiger partial charge in [-0.25, -0.2) is 0 Å². The molecular formula is C45H50Cl2SiZr. The molecule has 252 valence electrons. The predicted octanol–water partition coefficient (Wildman–Crippen LogP) is 6.57. The third kappa shape index (κ3) is 6.90. The van der Waals surface area contributed by atoms with Crippen LogP contribution in [-0.4, -0.2) is 5.92 Å². The summed E-state index contributed by atoms with van der Waals surface area (Å²) < 4.78 is 0.640. The topological polar surface area (TPSA) is 0 Å². The molecule has 5 aromatic carbocycles. The smallest absolute Gasteiger partial charge is 1.00 e. The minimum Gasteiger partial charge on any atom is -1.00 e. The molecule has 0 radical (unpaired) electrons. The van der Waals surface area contributed by atoms with E-state index in [1.54, 1.807) is 27.8 Å². The van der Waals surface area contributed by atoms with E-state index < -0.39 is 28.3 Å². The minimum absolute atomic E-state index is 0. The summed E-state index contributed by atoms with van der Waals surface area (Å²) in [4.78, 5) is 0. The Hall–Kier alpha value is -2.22. The number of allylic oxidation sites excluding steroid dienone is 1. The van der Waals surface area contributed by atoms with Gasteiger partial charge in [0.2, 0.25) is 0 Å². The van der Waals surface area contributed by atoms with Gasteiger partial charge in [-0.2, -0.15) is 0 Å². The standard InChI is InChI=1S/C43H43.C2H7Si.2ClH.Zr/c1-8-13-29-23-37-34(33-17-11-15-27-14-9-10-16-32(27)33)18-12-19-35(37)41(29)40-26-31(43(5,6)7)25-39-36-24-30(42(2,3)4)21-20-28(36)22-38(39)40;1-3-2;;;/h9-12,14-26,41H,8,13H2,1-7H3;3H,1-2H3;2*1H;/q;;;;+2/p-2. The molecule has 2 aliphatic carbocycles. The largest absolute Gasteiger partial charge is 1.00 e. The van der Waals surface area contributed by atoms with Gasteiger partial charge < -0.3 is 24.8 Å². The van der Waals surface area contributed by atoms with E-state index >= 15 is 0 Å². The van der Waals surface area contributed by atoms with Gasteiger partial charge in [-0.3, -0.25) is 0 Å². The molecule has 0 bridgehead atoms. The third-order valence-electron chi connectivity index (χ3n) is 10.5. The number of hydrogen-bond acceptors (Lipinski definition) is 0. The molecule has 49 heavy (non-hydrogen) atoms. The molecule has 0 heterocycles. The van der Waals surface area contributed by atoms with Gasteiger partial charge in [-0.05, 0) is 0 Å². The Morgan fingerprint density at radius 3 is 1.98 bits per heavy atom. The van der Waals surface area contributed by atoms with Crippen LogP contribution in [0.25, 0.3) is 39.1 Å². The van der Waals surface area contributed by atoms with Crippen LogP contribution in [0.15, 0.2) is 96.6 Å². The van der Waals surface area contributed by atoms with E-state index in [0.29, 0.717) is 9.54 Å². The van der Waals surface area contributed by atoms with Crippen molar-refractivity contribution in [3.05, 3.63) is 136 Å². The Balaban J connectivity index is 0.00000234. The summed E-state index contributed by atoms with van der Waals surface area (Å²) in [5.74, 6) is -0.393. The molecule has 0 N–H and O–H groups in total. The van der Waals surface area contributed by atoms with Crippen molar-refractivity contribution in [3.63, 3.8) is 0 Å². The quantitative estimate of drug-likeness (QED) is 0.171. The molecule has 4 heteroatoms. The number of fused-ring (bicyclic) bond motifs is 5. The zero-order valence-corrected chi connectivity index (χ0v) is 35.8. The number of rotatable bonds is 6. The molecule has 0 saturated carbocycles. The van der Waals surface area contributed by atoms with E-state index in [2.05, 4.69) is 159 Å². The third-order valence-corrected chi connectivity index (χ3v) is 20.3. The Morgan fingerprint density at radius 2 is 1.29 bits per heavy atom. The van der Waals surface area contributed by atoms with Crippen molar-refractivity contribution in [1.82, 2.24) is 0 Å². The Morgan fingerprint density at radius 1 is 0.633 bits per heavy atom. The van der Waals surface area contributed by atoms with Crippen molar-refractivity contribution < 1.29 is 47.2 Å². The van der Waals surface area contributed by atoms with E-state index in [1.807, 2.05) is 0 Å². The van der Waals surface area contributed by atoms with Gasteiger partial charge in [0.15, 0.2) is 0 Å². The fraction of sp³-hybridized carbons (Fsp3) is 0.333. The second-order valence-corrected chi connectivity index (χ2v) is 31.4. The fourth-order valence-electron chi connectivity index (χ4n) is 8.09. The molecule has 0 aliphatic heterocycles. The van der Waals surface area contributed by atoms with Gasteiger partial charge in [0.05, 0.1) is 0 Å². The van der Waals surface area contributed by atoms with Gasteiger partial charge in [-0.1, -0.05) is 0 Å². The van der Waals surface area contributed by atoms with Crippen molar-refractivity contribution in [2.75, 3.05) is 0 Å². The number of hydrogen-bond donors (Lipinski definition) is 0. The van der Waals surface area contributed by atoms with Gasteiger partial charge in [-0.15, -0.1) is 0 Å². The van der Waals surface area contributed by atoms with E-state index in [1.165, 1.54) is 49.7 Å². The monoisotopic (exact) mass is 778 g/mol. The van der Waals surface area contributed by atoms with Gasteiger partial charge in [0.25, 0.3) is 0 Å². The summed E-state index contributed by atoms with van der Waals surface area (Å²) in [6, 6.07) is 35.7. The van der Waals surface area contributed by atoms with Crippen LogP contribution in [0.3, 0.4) is 0 Å². The second kappa shape index (κ2) is 14.4. The van der Waals surface area contributed by atoms with Crippen molar-refractivity contribution in [1.29, 1.82) is 0 Å². The van der Waals surface area contributed by atoms with Crippen LogP contribution < -0.4 is 24.8 Å². The molecule has 0 nitrogen and oxygen atoms in total. The van der Waals surface area contributed by atoms with Crippen LogP contribution >= 0.6 is 0 Å². The van der Waals surface area contributed by atoms with Gasteiger partial charge >= 0.3 is 298 Å². The van der Waals surface area contributed by atoms with Crippen LogP contribution in [-0.2, 0) is 33.2 Å². The first-order valence-corrected chi connectivity index (χ1v) is 26.3. The maximum atomic E-state index is 2.66. The molecule has 0 saturated heterocycles. The molecule has 7 rings (SSSR count). The normalized spacial score (nSPS) is 16.3. The van der Waals surface area contributed by atoms with Crippen LogP contribution in [0.5, 0.6) is 0 Å². The molecule has 5 aromatic rings. The average Bonchev–Trinajstić information content (AvgIpc) is 3.54. The van der Waals surface area contributed by atoms with Crippen LogP contribution in [0.4, 0.5) is 0 Å². The summed E-state index contributed by atoms with van der Waals surface area (Å²) in [7, 11) is 0. The van der Waals surface area contributed by atoms with Crippen molar-refractivity contribution in [3.8, 4) is 22.3 Å². The number of benzene rings is 5. The van der Waals surface area contributed by atoms with Crippen molar-refractivity contribution in [2.45, 2.75) is 94.8 Å². The van der Waals surface area contributed by atoms with Crippen LogP contribution in [0.2, 0.25) is 13.1 Å². The van der Waals surface area contributed by atoms with Crippen molar-refractivity contribution in [2.24, 2.45) is 0 Å². The zero-order chi connectivity index (χ0) is 33.2. The maximum Gasteiger partial charge on any atom is -1.00 e. The van der Waals surface area contributed by atoms with Gasteiger partial charge in [0, 0.05) is 0 Å². The number of halogens is 2. The average molecular weight is 781 g/mol. The Labute approximate surface area is 320 Å². The fourth-order valence-corrected chi connectivity index (χ4v) is 18.0. The van der Waals surface area contributed by atoms with Crippen LogP contribution in [0, 0.1) is 0 Å². The first-order chi connectivity index (χ1) is 22.4. The van der Waals surface area contributed by atoms with Gasteiger partial charge in [0.1, 0.15) is 0 Å². The van der Waals surface area contributed by atoms with E-state index in [9.17, 15) is 0 Å². The Kier molecular flexibility index (Phi) is 11.2. The summed E-state index contributed by atoms with van der Waals surface area (Å²) in [6.45, 7) is 21.9. The first-order valence-electron chi connectivity index (χ1n) is 17.8.